The van der Waals surface area contributed by atoms with Crippen LogP contribution in [0.25, 0.3) is 22.6 Å². The molecular weight excluding hydrogens is 508 g/mol. The second-order valence-electron chi connectivity index (χ2n) is 11.4. The van der Waals surface area contributed by atoms with Gasteiger partial charge in [-0.25, -0.2) is 0 Å². The van der Waals surface area contributed by atoms with Crippen LogP contribution in [0.15, 0.2) is 77.2 Å². The summed E-state index contributed by atoms with van der Waals surface area (Å²) >= 11 is 0. The first-order valence-electron chi connectivity index (χ1n) is 15.0. The van der Waals surface area contributed by atoms with Gasteiger partial charge in [0.15, 0.2) is 0 Å². The largest absolute Gasteiger partial charge is 0.420 e. The number of aromatic nitrogens is 2. The van der Waals surface area contributed by atoms with Crippen LogP contribution < -0.4 is 0 Å². The Morgan fingerprint density at radius 3 is 2.49 bits per heavy atom. The van der Waals surface area contributed by atoms with E-state index in [-0.39, 0.29) is 17.9 Å². The number of rotatable bonds is 7. The topological polar surface area (TPSA) is 83.0 Å². The molecule has 6 heteroatoms. The smallest absolute Gasteiger partial charge is 0.254 e. The van der Waals surface area contributed by atoms with E-state index in [2.05, 4.69) is 53.5 Å². The molecule has 1 aliphatic carbocycles. The van der Waals surface area contributed by atoms with Gasteiger partial charge in [-0.1, -0.05) is 74.7 Å². The standard InChI is InChI=1S/C35H36N4O2/c1-2-11-29-15-10-19-39(29)35(40)28-21-26(30-16-7-6-14-25(30)23-36)20-27(22-28)33-37-38-34(41-33)32-18-9-8-17-31(32)24-12-4-3-5-13-24/h3-7,12-14,16,20-22,29,31-32H,2,8-11,15,17-19H2,1H3. The molecule has 1 amide bonds. The molecule has 3 atom stereocenters. The summed E-state index contributed by atoms with van der Waals surface area (Å²) in [5, 5.41) is 18.9. The summed E-state index contributed by atoms with van der Waals surface area (Å²) in [6, 6.07) is 26.4. The molecule has 3 aromatic carbocycles. The molecule has 1 saturated carbocycles. The lowest BCUT2D eigenvalue weighted by Crippen LogP contribution is -2.35. The van der Waals surface area contributed by atoms with Crippen molar-refractivity contribution in [1.29, 1.82) is 5.26 Å². The fraction of sp³-hybridized carbons (Fsp3) is 0.371. The van der Waals surface area contributed by atoms with Gasteiger partial charge in [0.25, 0.3) is 5.91 Å². The minimum atomic E-state index is 0.0228. The molecule has 1 aromatic heterocycles. The fourth-order valence-electron chi connectivity index (χ4n) is 6.79. The molecule has 0 N–H and O–H groups in total. The molecule has 0 radical (unpaired) electrons. The maximum Gasteiger partial charge on any atom is 0.254 e. The minimum absolute atomic E-state index is 0.0228. The number of carbonyl (C=O) groups is 1. The van der Waals surface area contributed by atoms with Crippen LogP contribution in [0.3, 0.4) is 0 Å². The van der Waals surface area contributed by atoms with Gasteiger partial charge in [0.05, 0.1) is 11.6 Å². The number of likely N-dealkylation sites (tertiary alicyclic amines) is 1. The molecule has 41 heavy (non-hydrogen) atoms. The predicted octanol–water partition coefficient (Wildman–Crippen LogP) is 8.12. The van der Waals surface area contributed by atoms with Gasteiger partial charge in [0.1, 0.15) is 0 Å². The lowest BCUT2D eigenvalue weighted by Gasteiger charge is -2.29. The van der Waals surface area contributed by atoms with Crippen molar-refractivity contribution < 1.29 is 9.21 Å². The van der Waals surface area contributed by atoms with Gasteiger partial charge >= 0.3 is 0 Å². The van der Waals surface area contributed by atoms with Gasteiger partial charge in [0.2, 0.25) is 11.8 Å². The van der Waals surface area contributed by atoms with E-state index in [1.807, 2.05) is 41.3 Å². The van der Waals surface area contributed by atoms with E-state index in [4.69, 9.17) is 4.42 Å². The number of amides is 1. The van der Waals surface area contributed by atoms with E-state index in [9.17, 15) is 10.1 Å². The Bertz CT molecular complexity index is 1550. The summed E-state index contributed by atoms with van der Waals surface area (Å²) in [5.41, 5.74) is 4.75. The highest BCUT2D eigenvalue weighted by molar-refractivity contribution is 5.97. The van der Waals surface area contributed by atoms with Crippen molar-refractivity contribution in [2.45, 2.75) is 76.2 Å². The van der Waals surface area contributed by atoms with E-state index in [1.54, 1.807) is 6.07 Å². The van der Waals surface area contributed by atoms with Gasteiger partial charge in [-0.2, -0.15) is 5.26 Å². The molecule has 2 fully saturated rings. The van der Waals surface area contributed by atoms with E-state index >= 15 is 0 Å². The Kier molecular flexibility index (Phi) is 7.95. The Hall–Kier alpha value is -4.24. The average Bonchev–Trinajstić information content (AvgIpc) is 3.72. The first kappa shape index (κ1) is 27.0. The highest BCUT2D eigenvalue weighted by atomic mass is 16.4. The second kappa shape index (κ2) is 12.1. The second-order valence-corrected chi connectivity index (χ2v) is 11.4. The van der Waals surface area contributed by atoms with Gasteiger partial charge < -0.3 is 9.32 Å². The fourth-order valence-corrected chi connectivity index (χ4v) is 6.79. The molecule has 6 nitrogen and oxygen atoms in total. The summed E-state index contributed by atoms with van der Waals surface area (Å²) in [6.45, 7) is 2.94. The zero-order valence-electron chi connectivity index (χ0n) is 23.6. The SMILES string of the molecule is CCCC1CCCN1C(=O)c1cc(-c2nnc(C3CCCCC3c3ccccc3)o2)cc(-c2ccccc2C#N)c1. The molecule has 2 heterocycles. The van der Waals surface area contributed by atoms with E-state index in [0.29, 0.717) is 34.4 Å². The van der Waals surface area contributed by atoms with E-state index < -0.39 is 0 Å². The van der Waals surface area contributed by atoms with Gasteiger partial charge in [-0.3, -0.25) is 4.79 Å². The summed E-state index contributed by atoms with van der Waals surface area (Å²) in [6.07, 6.45) is 8.56. The number of nitriles is 1. The first-order chi connectivity index (χ1) is 20.2. The Morgan fingerprint density at radius 2 is 1.68 bits per heavy atom. The van der Waals surface area contributed by atoms with Crippen molar-refractivity contribution in [2.75, 3.05) is 6.54 Å². The third kappa shape index (κ3) is 5.54. The molecule has 0 bridgehead atoms. The van der Waals surface area contributed by atoms with Crippen molar-refractivity contribution in [3.63, 3.8) is 0 Å². The molecule has 4 aromatic rings. The summed E-state index contributed by atoms with van der Waals surface area (Å²) in [7, 11) is 0. The van der Waals surface area contributed by atoms with E-state index in [0.717, 1.165) is 62.6 Å². The van der Waals surface area contributed by atoms with E-state index in [1.165, 1.54) is 12.0 Å². The Balaban J connectivity index is 1.39. The van der Waals surface area contributed by atoms with Gasteiger partial charge in [-0.05, 0) is 79.0 Å². The van der Waals surface area contributed by atoms with Crippen LogP contribution in [-0.2, 0) is 0 Å². The number of hydrogen-bond acceptors (Lipinski definition) is 5. The number of benzene rings is 3. The van der Waals surface area contributed by atoms with Crippen molar-refractivity contribution in [3.8, 4) is 28.7 Å². The maximum absolute atomic E-state index is 13.9. The van der Waals surface area contributed by atoms with Crippen LogP contribution in [0.1, 0.15) is 97.5 Å². The van der Waals surface area contributed by atoms with Crippen molar-refractivity contribution in [2.24, 2.45) is 0 Å². The van der Waals surface area contributed by atoms with Crippen LogP contribution in [-0.4, -0.2) is 33.6 Å². The van der Waals surface area contributed by atoms with Crippen LogP contribution >= 0.6 is 0 Å². The van der Waals surface area contributed by atoms with Crippen LogP contribution in [0, 0.1) is 11.3 Å². The quantitative estimate of drug-likeness (QED) is 0.235. The molecule has 3 unspecified atom stereocenters. The number of carbonyl (C=O) groups excluding carboxylic acids is 1. The molecule has 208 valence electrons. The average molecular weight is 545 g/mol. The Morgan fingerprint density at radius 1 is 0.927 bits per heavy atom. The maximum atomic E-state index is 13.9. The molecule has 0 spiro atoms. The molecule has 6 rings (SSSR count). The van der Waals surface area contributed by atoms with Crippen LogP contribution in [0.5, 0.6) is 0 Å². The third-order valence-electron chi connectivity index (χ3n) is 8.80. The third-order valence-corrected chi connectivity index (χ3v) is 8.80. The molecule has 1 saturated heterocycles. The zero-order valence-corrected chi connectivity index (χ0v) is 23.6. The molecular formula is C35H36N4O2. The molecule has 1 aliphatic heterocycles. The monoisotopic (exact) mass is 544 g/mol. The van der Waals surface area contributed by atoms with Crippen LogP contribution in [0.2, 0.25) is 0 Å². The normalized spacial score (nSPS) is 20.6. The van der Waals surface area contributed by atoms with Crippen molar-refractivity contribution in [1.82, 2.24) is 15.1 Å². The predicted molar refractivity (Wildman–Crippen MR) is 159 cm³/mol. The highest BCUT2D eigenvalue weighted by Crippen LogP contribution is 2.44. The van der Waals surface area contributed by atoms with Gasteiger partial charge in [-0.15, -0.1) is 10.2 Å². The number of hydrogen-bond donors (Lipinski definition) is 0. The zero-order chi connectivity index (χ0) is 28.2. The lowest BCUT2D eigenvalue weighted by atomic mass is 9.75. The minimum Gasteiger partial charge on any atom is -0.420 e. The lowest BCUT2D eigenvalue weighted by molar-refractivity contribution is 0.0730. The van der Waals surface area contributed by atoms with Gasteiger partial charge in [0, 0.05) is 29.6 Å². The van der Waals surface area contributed by atoms with Crippen molar-refractivity contribution in [3.05, 3.63) is 95.4 Å². The van der Waals surface area contributed by atoms with Crippen LogP contribution in [0.4, 0.5) is 0 Å². The molecule has 2 aliphatic rings. The number of nitrogens with zero attached hydrogens (tertiary/aromatic N) is 4. The first-order valence-corrected chi connectivity index (χ1v) is 15.0. The van der Waals surface area contributed by atoms with Crippen molar-refractivity contribution >= 4 is 5.91 Å². The summed E-state index contributed by atoms with van der Waals surface area (Å²) < 4.78 is 6.42. The summed E-state index contributed by atoms with van der Waals surface area (Å²) in [4.78, 5) is 15.9. The summed E-state index contributed by atoms with van der Waals surface area (Å²) in [5.74, 6) is 1.60. The Labute approximate surface area is 242 Å². The highest BCUT2D eigenvalue weighted by Gasteiger charge is 2.33.